The maximum Gasteiger partial charge on any atom is 0.150 e. The molecule has 0 N–H and O–H groups in total. The number of rotatable bonds is 3. The standard InChI is InChI=1S/C13H16ClFO3S/c1-19(16,17)11-4-2-3-9(7-11)18-10-5-6-12(14)13(15)8-10/h5-6,8-9,11H,2-4,7H2,1H3. The number of hydrogen-bond acceptors (Lipinski definition) is 3. The molecule has 0 heterocycles. The summed E-state index contributed by atoms with van der Waals surface area (Å²) in [4.78, 5) is 0. The smallest absolute Gasteiger partial charge is 0.150 e. The molecule has 0 spiro atoms. The average molecular weight is 307 g/mol. The summed E-state index contributed by atoms with van der Waals surface area (Å²) in [6.45, 7) is 0. The predicted molar refractivity (Wildman–Crippen MR) is 72.9 cm³/mol. The van der Waals surface area contributed by atoms with Crippen LogP contribution in [0.3, 0.4) is 0 Å². The Morgan fingerprint density at radius 3 is 2.74 bits per heavy atom. The van der Waals surface area contributed by atoms with Crippen LogP contribution in [-0.4, -0.2) is 26.0 Å². The second-order valence-electron chi connectivity index (χ2n) is 4.93. The first-order chi connectivity index (χ1) is 8.86. The third kappa shape index (κ3) is 3.83. The molecular formula is C13H16ClFO3S. The van der Waals surface area contributed by atoms with Crippen LogP contribution in [-0.2, 0) is 9.84 Å². The van der Waals surface area contributed by atoms with E-state index >= 15 is 0 Å². The summed E-state index contributed by atoms with van der Waals surface area (Å²) in [5.41, 5.74) is 0. The van der Waals surface area contributed by atoms with E-state index in [4.69, 9.17) is 16.3 Å². The summed E-state index contributed by atoms with van der Waals surface area (Å²) in [7, 11) is -3.04. The van der Waals surface area contributed by atoms with Gasteiger partial charge in [0, 0.05) is 18.7 Å². The van der Waals surface area contributed by atoms with Crippen LogP contribution in [0.4, 0.5) is 4.39 Å². The van der Waals surface area contributed by atoms with Gasteiger partial charge in [-0.25, -0.2) is 12.8 Å². The largest absolute Gasteiger partial charge is 0.490 e. The van der Waals surface area contributed by atoms with Crippen LogP contribution >= 0.6 is 11.6 Å². The molecule has 2 unspecified atom stereocenters. The van der Waals surface area contributed by atoms with Crippen LogP contribution < -0.4 is 4.74 Å². The first-order valence-electron chi connectivity index (χ1n) is 6.17. The number of hydrogen-bond donors (Lipinski definition) is 0. The van der Waals surface area contributed by atoms with Gasteiger partial charge in [-0.1, -0.05) is 11.6 Å². The zero-order valence-electron chi connectivity index (χ0n) is 10.6. The number of sulfone groups is 1. The normalized spacial score (nSPS) is 24.2. The Bertz CT molecular complexity index is 559. The van der Waals surface area contributed by atoms with E-state index in [1.807, 2.05) is 0 Å². The van der Waals surface area contributed by atoms with Crippen molar-refractivity contribution in [3.8, 4) is 5.75 Å². The van der Waals surface area contributed by atoms with Gasteiger partial charge in [-0.05, 0) is 31.4 Å². The molecule has 3 nitrogen and oxygen atoms in total. The molecule has 1 aliphatic rings. The minimum absolute atomic E-state index is 0.0463. The molecule has 0 amide bonds. The molecule has 0 bridgehead atoms. The fourth-order valence-corrected chi connectivity index (χ4v) is 3.62. The molecule has 1 saturated carbocycles. The molecular weight excluding hydrogens is 291 g/mol. The van der Waals surface area contributed by atoms with Crippen LogP contribution in [0.5, 0.6) is 5.75 Å². The van der Waals surface area contributed by atoms with E-state index in [-0.39, 0.29) is 16.4 Å². The number of halogens is 2. The second-order valence-corrected chi connectivity index (χ2v) is 7.67. The monoisotopic (exact) mass is 306 g/mol. The zero-order chi connectivity index (χ0) is 14.0. The summed E-state index contributed by atoms with van der Waals surface area (Å²) >= 11 is 5.60. The molecule has 2 rings (SSSR count). The van der Waals surface area contributed by atoms with E-state index in [9.17, 15) is 12.8 Å². The lowest BCUT2D eigenvalue weighted by Gasteiger charge is -2.28. The van der Waals surface area contributed by atoms with Crippen LogP contribution in [0.2, 0.25) is 5.02 Å². The van der Waals surface area contributed by atoms with Crippen molar-refractivity contribution in [3.63, 3.8) is 0 Å². The van der Waals surface area contributed by atoms with Crippen LogP contribution in [0.15, 0.2) is 18.2 Å². The predicted octanol–water partition coefficient (Wildman–Crippen LogP) is 3.21. The minimum Gasteiger partial charge on any atom is -0.490 e. The van der Waals surface area contributed by atoms with E-state index in [2.05, 4.69) is 0 Å². The van der Waals surface area contributed by atoms with Gasteiger partial charge in [0.15, 0.2) is 0 Å². The topological polar surface area (TPSA) is 43.4 Å². The van der Waals surface area contributed by atoms with Crippen molar-refractivity contribution >= 4 is 21.4 Å². The van der Waals surface area contributed by atoms with Crippen LogP contribution in [0.25, 0.3) is 0 Å². The minimum atomic E-state index is -3.04. The maximum atomic E-state index is 13.3. The van der Waals surface area contributed by atoms with E-state index in [0.29, 0.717) is 18.6 Å². The lowest BCUT2D eigenvalue weighted by molar-refractivity contribution is 0.156. The molecule has 0 aromatic heterocycles. The summed E-state index contributed by atoms with van der Waals surface area (Å²) in [6.07, 6.45) is 3.79. The highest BCUT2D eigenvalue weighted by Crippen LogP contribution is 2.28. The van der Waals surface area contributed by atoms with Crippen molar-refractivity contribution < 1.29 is 17.5 Å². The number of benzene rings is 1. The SMILES string of the molecule is CS(=O)(=O)C1CCCC(Oc2ccc(Cl)c(F)c2)C1. The fraction of sp³-hybridized carbons (Fsp3) is 0.538. The van der Waals surface area contributed by atoms with Gasteiger partial charge in [-0.15, -0.1) is 0 Å². The lowest BCUT2D eigenvalue weighted by atomic mass is 9.97. The van der Waals surface area contributed by atoms with Gasteiger partial charge in [0.1, 0.15) is 21.4 Å². The van der Waals surface area contributed by atoms with E-state index in [1.165, 1.54) is 18.4 Å². The first kappa shape index (κ1) is 14.6. The average Bonchev–Trinajstić information content (AvgIpc) is 2.33. The van der Waals surface area contributed by atoms with Crippen molar-refractivity contribution in [3.05, 3.63) is 29.0 Å². The Morgan fingerprint density at radius 1 is 1.37 bits per heavy atom. The van der Waals surface area contributed by atoms with Gasteiger partial charge in [0.2, 0.25) is 0 Å². The van der Waals surface area contributed by atoms with Gasteiger partial charge in [0.25, 0.3) is 0 Å². The van der Waals surface area contributed by atoms with Gasteiger partial charge < -0.3 is 4.74 Å². The maximum absolute atomic E-state index is 13.3. The van der Waals surface area contributed by atoms with Gasteiger partial charge in [0.05, 0.1) is 16.4 Å². The summed E-state index contributed by atoms with van der Waals surface area (Å²) in [5, 5.41) is -0.312. The third-order valence-electron chi connectivity index (χ3n) is 3.38. The first-order valence-corrected chi connectivity index (χ1v) is 8.50. The van der Waals surface area contributed by atoms with Crippen molar-refractivity contribution in [1.82, 2.24) is 0 Å². The van der Waals surface area contributed by atoms with Crippen LogP contribution in [0, 0.1) is 5.82 Å². The molecule has 106 valence electrons. The molecule has 1 aliphatic carbocycles. The molecule has 1 fully saturated rings. The highest BCUT2D eigenvalue weighted by molar-refractivity contribution is 7.91. The quantitative estimate of drug-likeness (QED) is 0.861. The van der Waals surface area contributed by atoms with Gasteiger partial charge in [-0.2, -0.15) is 0 Å². The molecule has 0 radical (unpaired) electrons. The highest BCUT2D eigenvalue weighted by Gasteiger charge is 2.29. The molecule has 0 saturated heterocycles. The molecule has 0 aliphatic heterocycles. The third-order valence-corrected chi connectivity index (χ3v) is 5.32. The van der Waals surface area contributed by atoms with Gasteiger partial charge in [-0.3, -0.25) is 0 Å². The molecule has 1 aromatic rings. The zero-order valence-corrected chi connectivity index (χ0v) is 12.2. The van der Waals surface area contributed by atoms with Crippen molar-refractivity contribution in [2.45, 2.75) is 37.0 Å². The Kier molecular flexibility index (Phi) is 4.36. The summed E-state index contributed by atoms with van der Waals surface area (Å²) in [6, 6.07) is 4.25. The summed E-state index contributed by atoms with van der Waals surface area (Å²) < 4.78 is 42.0. The molecule has 2 atom stereocenters. The fourth-order valence-electron chi connectivity index (χ4n) is 2.34. The van der Waals surface area contributed by atoms with E-state index in [1.54, 1.807) is 6.07 Å². The lowest BCUT2D eigenvalue weighted by Crippen LogP contribution is -2.33. The molecule has 1 aromatic carbocycles. The van der Waals surface area contributed by atoms with E-state index in [0.717, 1.165) is 12.8 Å². The number of ether oxygens (including phenoxy) is 1. The molecule has 19 heavy (non-hydrogen) atoms. The van der Waals surface area contributed by atoms with Gasteiger partial charge >= 0.3 is 0 Å². The second kappa shape index (κ2) is 5.67. The molecule has 6 heteroatoms. The van der Waals surface area contributed by atoms with Crippen molar-refractivity contribution in [2.75, 3.05) is 6.26 Å². The Hall–Kier alpha value is -0.810. The Labute approximate surface area is 117 Å². The van der Waals surface area contributed by atoms with Crippen molar-refractivity contribution in [2.24, 2.45) is 0 Å². The van der Waals surface area contributed by atoms with E-state index < -0.39 is 15.7 Å². The Balaban J connectivity index is 2.04. The Morgan fingerprint density at radius 2 is 2.11 bits per heavy atom. The van der Waals surface area contributed by atoms with Crippen molar-refractivity contribution in [1.29, 1.82) is 0 Å². The summed E-state index contributed by atoms with van der Waals surface area (Å²) in [5.74, 6) is -0.143. The van der Waals surface area contributed by atoms with Crippen LogP contribution in [0.1, 0.15) is 25.7 Å². The highest BCUT2D eigenvalue weighted by atomic mass is 35.5.